The molecule has 0 atom stereocenters. The molecule has 0 spiro atoms. The Hall–Kier alpha value is -2.33. The topological polar surface area (TPSA) is 48.2 Å². The van der Waals surface area contributed by atoms with Crippen LogP contribution in [0, 0.1) is 20.8 Å². The SMILES string of the molecule is Cc1cc(C)c(C)c(OCc2noc(-c3ccccc3Cl)n2)c1. The molecule has 0 aliphatic rings. The Bertz CT molecular complexity index is 843. The first-order valence-corrected chi connectivity index (χ1v) is 7.70. The van der Waals surface area contributed by atoms with Gasteiger partial charge in [0, 0.05) is 0 Å². The van der Waals surface area contributed by atoms with Crippen molar-refractivity contribution in [2.75, 3.05) is 0 Å². The highest BCUT2D eigenvalue weighted by Crippen LogP contribution is 2.27. The van der Waals surface area contributed by atoms with E-state index in [9.17, 15) is 0 Å². The van der Waals surface area contributed by atoms with Gasteiger partial charge in [0.1, 0.15) is 5.75 Å². The molecule has 2 aromatic carbocycles. The van der Waals surface area contributed by atoms with Crippen molar-refractivity contribution in [3.8, 4) is 17.2 Å². The maximum atomic E-state index is 6.14. The van der Waals surface area contributed by atoms with Crippen molar-refractivity contribution in [2.45, 2.75) is 27.4 Å². The molecule has 0 amide bonds. The van der Waals surface area contributed by atoms with Crippen molar-refractivity contribution in [3.63, 3.8) is 0 Å². The number of hydrogen-bond donors (Lipinski definition) is 0. The molecule has 5 heteroatoms. The lowest BCUT2D eigenvalue weighted by atomic mass is 10.1. The van der Waals surface area contributed by atoms with Crippen LogP contribution in [0.2, 0.25) is 5.02 Å². The lowest BCUT2D eigenvalue weighted by Gasteiger charge is -2.10. The highest BCUT2D eigenvalue weighted by atomic mass is 35.5. The first kappa shape index (κ1) is 15.6. The zero-order valence-electron chi connectivity index (χ0n) is 13.3. The second-order valence-electron chi connectivity index (χ2n) is 5.49. The summed E-state index contributed by atoms with van der Waals surface area (Å²) in [7, 11) is 0. The van der Waals surface area contributed by atoms with Crippen LogP contribution in [0.25, 0.3) is 11.5 Å². The van der Waals surface area contributed by atoms with E-state index >= 15 is 0 Å². The second-order valence-corrected chi connectivity index (χ2v) is 5.90. The van der Waals surface area contributed by atoms with Gasteiger partial charge in [0.05, 0.1) is 10.6 Å². The van der Waals surface area contributed by atoms with Crippen molar-refractivity contribution < 1.29 is 9.26 Å². The van der Waals surface area contributed by atoms with E-state index in [0.717, 1.165) is 22.4 Å². The van der Waals surface area contributed by atoms with Gasteiger partial charge < -0.3 is 9.26 Å². The van der Waals surface area contributed by atoms with Crippen molar-refractivity contribution in [1.82, 2.24) is 10.1 Å². The number of aromatic nitrogens is 2. The van der Waals surface area contributed by atoms with Gasteiger partial charge in [-0.3, -0.25) is 0 Å². The molecule has 23 heavy (non-hydrogen) atoms. The first-order valence-electron chi connectivity index (χ1n) is 7.32. The molecule has 0 N–H and O–H groups in total. The van der Waals surface area contributed by atoms with Crippen LogP contribution in [0.4, 0.5) is 0 Å². The number of aryl methyl sites for hydroxylation is 2. The van der Waals surface area contributed by atoms with Gasteiger partial charge in [0.15, 0.2) is 6.61 Å². The van der Waals surface area contributed by atoms with Gasteiger partial charge in [-0.2, -0.15) is 4.98 Å². The minimum absolute atomic E-state index is 0.248. The van der Waals surface area contributed by atoms with Crippen LogP contribution < -0.4 is 4.74 Å². The molecule has 0 aliphatic heterocycles. The van der Waals surface area contributed by atoms with E-state index in [0.29, 0.717) is 16.7 Å². The fraction of sp³-hybridized carbons (Fsp3) is 0.222. The molecular formula is C18H17ClN2O2. The predicted molar refractivity (Wildman–Crippen MR) is 89.7 cm³/mol. The molecule has 118 valence electrons. The minimum atomic E-state index is 0.248. The van der Waals surface area contributed by atoms with Crippen LogP contribution in [-0.4, -0.2) is 10.1 Å². The molecule has 0 radical (unpaired) electrons. The van der Waals surface area contributed by atoms with Gasteiger partial charge in [-0.1, -0.05) is 35.0 Å². The zero-order chi connectivity index (χ0) is 16.4. The first-order chi connectivity index (χ1) is 11.0. The van der Waals surface area contributed by atoms with Crippen molar-refractivity contribution in [3.05, 3.63) is 63.9 Å². The van der Waals surface area contributed by atoms with Gasteiger partial charge >= 0.3 is 0 Å². The molecule has 0 fully saturated rings. The summed E-state index contributed by atoms with van der Waals surface area (Å²) in [4.78, 5) is 4.34. The van der Waals surface area contributed by atoms with Crippen LogP contribution in [0.5, 0.6) is 5.75 Å². The summed E-state index contributed by atoms with van der Waals surface area (Å²) in [5.41, 5.74) is 4.19. The Labute approximate surface area is 140 Å². The second kappa shape index (κ2) is 6.42. The molecule has 1 aromatic heterocycles. The molecule has 0 saturated carbocycles. The van der Waals surface area contributed by atoms with E-state index in [1.807, 2.05) is 38.1 Å². The standard InChI is InChI=1S/C18H17ClN2O2/c1-11-8-12(2)13(3)16(9-11)22-10-17-20-18(23-21-17)14-6-4-5-7-15(14)19/h4-9H,10H2,1-3H3. The van der Waals surface area contributed by atoms with Crippen LogP contribution >= 0.6 is 11.6 Å². The summed E-state index contributed by atoms with van der Waals surface area (Å²) in [6, 6.07) is 11.5. The van der Waals surface area contributed by atoms with Gasteiger partial charge in [-0.25, -0.2) is 0 Å². The average molecular weight is 329 g/mol. The lowest BCUT2D eigenvalue weighted by molar-refractivity contribution is 0.285. The number of ether oxygens (including phenoxy) is 1. The number of hydrogen-bond acceptors (Lipinski definition) is 4. The van der Waals surface area contributed by atoms with E-state index in [1.54, 1.807) is 6.07 Å². The summed E-state index contributed by atoms with van der Waals surface area (Å²) in [5.74, 6) is 1.72. The zero-order valence-corrected chi connectivity index (χ0v) is 14.0. The van der Waals surface area contributed by atoms with Crippen molar-refractivity contribution >= 4 is 11.6 Å². The Morgan fingerprint density at radius 1 is 1.13 bits per heavy atom. The third-order valence-corrected chi connectivity index (χ3v) is 4.02. The van der Waals surface area contributed by atoms with E-state index in [4.69, 9.17) is 20.9 Å². The van der Waals surface area contributed by atoms with Crippen molar-refractivity contribution in [1.29, 1.82) is 0 Å². The van der Waals surface area contributed by atoms with E-state index in [1.165, 1.54) is 5.56 Å². The van der Waals surface area contributed by atoms with E-state index in [-0.39, 0.29) is 6.61 Å². The van der Waals surface area contributed by atoms with Gasteiger partial charge in [-0.15, -0.1) is 0 Å². The largest absolute Gasteiger partial charge is 0.485 e. The molecule has 4 nitrogen and oxygen atoms in total. The number of nitrogens with zero attached hydrogens (tertiary/aromatic N) is 2. The fourth-order valence-electron chi connectivity index (χ4n) is 2.35. The average Bonchev–Trinajstić information content (AvgIpc) is 2.98. The van der Waals surface area contributed by atoms with E-state index in [2.05, 4.69) is 23.1 Å². The molecule has 3 aromatic rings. The molecule has 0 saturated heterocycles. The third-order valence-electron chi connectivity index (χ3n) is 3.69. The predicted octanol–water partition coefficient (Wildman–Crippen LogP) is 4.89. The number of benzene rings is 2. The van der Waals surface area contributed by atoms with Crippen LogP contribution in [0.15, 0.2) is 40.9 Å². The Kier molecular flexibility index (Phi) is 4.35. The maximum Gasteiger partial charge on any atom is 0.259 e. The smallest absolute Gasteiger partial charge is 0.259 e. The van der Waals surface area contributed by atoms with Gasteiger partial charge in [0.25, 0.3) is 5.89 Å². The summed E-state index contributed by atoms with van der Waals surface area (Å²) in [6.45, 7) is 6.40. The highest BCUT2D eigenvalue weighted by molar-refractivity contribution is 6.33. The molecular weight excluding hydrogens is 312 g/mol. The molecule has 3 rings (SSSR count). The quantitative estimate of drug-likeness (QED) is 0.683. The molecule has 0 unspecified atom stereocenters. The Morgan fingerprint density at radius 2 is 1.91 bits per heavy atom. The summed E-state index contributed by atoms with van der Waals surface area (Å²) in [5, 5.41) is 4.53. The molecule has 1 heterocycles. The van der Waals surface area contributed by atoms with Gasteiger partial charge in [-0.05, 0) is 55.7 Å². The minimum Gasteiger partial charge on any atom is -0.485 e. The lowest BCUT2D eigenvalue weighted by Crippen LogP contribution is -2.00. The summed E-state index contributed by atoms with van der Waals surface area (Å²) in [6.07, 6.45) is 0. The maximum absolute atomic E-state index is 6.14. The number of halogens is 1. The normalized spacial score (nSPS) is 10.8. The van der Waals surface area contributed by atoms with Crippen LogP contribution in [0.1, 0.15) is 22.5 Å². The summed E-state index contributed by atoms with van der Waals surface area (Å²) >= 11 is 6.14. The number of rotatable bonds is 4. The third kappa shape index (κ3) is 3.37. The molecule has 0 aliphatic carbocycles. The van der Waals surface area contributed by atoms with Crippen LogP contribution in [0.3, 0.4) is 0 Å². The van der Waals surface area contributed by atoms with E-state index < -0.39 is 0 Å². The highest BCUT2D eigenvalue weighted by Gasteiger charge is 2.13. The van der Waals surface area contributed by atoms with Crippen molar-refractivity contribution in [2.24, 2.45) is 0 Å². The fourth-order valence-corrected chi connectivity index (χ4v) is 2.57. The van der Waals surface area contributed by atoms with Crippen LogP contribution in [-0.2, 0) is 6.61 Å². The Morgan fingerprint density at radius 3 is 2.70 bits per heavy atom. The van der Waals surface area contributed by atoms with Gasteiger partial charge in [0.2, 0.25) is 5.82 Å². The molecule has 0 bridgehead atoms. The monoisotopic (exact) mass is 328 g/mol. The Balaban J connectivity index is 1.77. The summed E-state index contributed by atoms with van der Waals surface area (Å²) < 4.78 is 11.1.